The maximum Gasteiger partial charge on any atom is 0.328 e. The first kappa shape index (κ1) is 11.8. The van der Waals surface area contributed by atoms with E-state index < -0.39 is 12.0 Å². The molecular weight excluding hydrogens is 208 g/mol. The van der Waals surface area contributed by atoms with Crippen LogP contribution in [0.4, 0.5) is 4.79 Å². The van der Waals surface area contributed by atoms with E-state index in [4.69, 9.17) is 10.8 Å². The Bertz CT molecular complexity index is 410. The lowest BCUT2D eigenvalue weighted by molar-refractivity contribution is -0.131. The van der Waals surface area contributed by atoms with Crippen molar-refractivity contribution in [2.24, 2.45) is 5.73 Å². The van der Waals surface area contributed by atoms with Gasteiger partial charge in [0.15, 0.2) is 0 Å². The van der Waals surface area contributed by atoms with Crippen LogP contribution in [0.25, 0.3) is 6.08 Å². The molecule has 0 fully saturated rings. The lowest BCUT2D eigenvalue weighted by atomic mass is 10.1. The number of carboxylic acids is 1. The molecule has 0 aromatic heterocycles. The Morgan fingerprint density at radius 3 is 2.44 bits per heavy atom. The number of rotatable bonds is 4. The summed E-state index contributed by atoms with van der Waals surface area (Å²) in [6.45, 7) is 0.359. The molecule has 1 rings (SSSR count). The number of urea groups is 1. The molecule has 16 heavy (non-hydrogen) atoms. The standard InChI is InChI=1S/C11H12N2O3/c12-11(16)13-7-9-3-1-8(2-4-9)5-6-10(14)15/h1-6H,7H2,(H,14,15)(H3,12,13,16). The molecule has 0 spiro atoms. The Kier molecular flexibility index (Phi) is 4.08. The van der Waals surface area contributed by atoms with E-state index in [0.29, 0.717) is 6.54 Å². The molecule has 1 aromatic rings. The molecule has 0 saturated heterocycles. The number of nitrogens with one attached hydrogen (secondary N) is 1. The second kappa shape index (κ2) is 5.55. The van der Waals surface area contributed by atoms with Crippen molar-refractivity contribution in [2.75, 3.05) is 0 Å². The number of aliphatic carboxylic acids is 1. The maximum absolute atomic E-state index is 10.5. The number of primary amides is 1. The minimum Gasteiger partial charge on any atom is -0.478 e. The average molecular weight is 220 g/mol. The fraction of sp³-hybridized carbons (Fsp3) is 0.0909. The third-order valence-electron chi connectivity index (χ3n) is 1.86. The van der Waals surface area contributed by atoms with Crippen LogP contribution in [-0.4, -0.2) is 17.1 Å². The zero-order valence-corrected chi connectivity index (χ0v) is 8.51. The van der Waals surface area contributed by atoms with Gasteiger partial charge in [-0.1, -0.05) is 24.3 Å². The smallest absolute Gasteiger partial charge is 0.328 e. The summed E-state index contributed by atoms with van der Waals surface area (Å²) in [6, 6.07) is 6.53. The highest BCUT2D eigenvalue weighted by Gasteiger charge is 1.95. The Hall–Kier alpha value is -2.30. The SMILES string of the molecule is NC(=O)NCc1ccc(C=CC(=O)O)cc1. The fourth-order valence-corrected chi connectivity index (χ4v) is 1.10. The number of carbonyl (C=O) groups excluding carboxylic acids is 1. The number of carboxylic acid groups (broad SMARTS) is 1. The number of amides is 2. The molecule has 0 aliphatic carbocycles. The molecule has 0 bridgehead atoms. The Labute approximate surface area is 92.6 Å². The summed E-state index contributed by atoms with van der Waals surface area (Å²) >= 11 is 0. The number of hydrogen-bond acceptors (Lipinski definition) is 2. The van der Waals surface area contributed by atoms with Crippen molar-refractivity contribution >= 4 is 18.1 Å². The van der Waals surface area contributed by atoms with Crippen LogP contribution in [0.2, 0.25) is 0 Å². The lowest BCUT2D eigenvalue weighted by Crippen LogP contribution is -2.28. The summed E-state index contributed by atoms with van der Waals surface area (Å²) in [7, 11) is 0. The van der Waals surface area contributed by atoms with Crippen LogP contribution < -0.4 is 11.1 Å². The van der Waals surface area contributed by atoms with E-state index in [0.717, 1.165) is 17.2 Å². The van der Waals surface area contributed by atoms with Crippen molar-refractivity contribution < 1.29 is 14.7 Å². The molecule has 0 atom stereocenters. The van der Waals surface area contributed by atoms with Gasteiger partial charge in [0.2, 0.25) is 0 Å². The van der Waals surface area contributed by atoms with Gasteiger partial charge in [0.1, 0.15) is 0 Å². The summed E-state index contributed by atoms with van der Waals surface area (Å²) in [5, 5.41) is 10.9. The monoisotopic (exact) mass is 220 g/mol. The summed E-state index contributed by atoms with van der Waals surface area (Å²) < 4.78 is 0. The average Bonchev–Trinajstić information content (AvgIpc) is 2.25. The van der Waals surface area contributed by atoms with Crippen LogP contribution in [0.15, 0.2) is 30.3 Å². The second-order valence-electron chi connectivity index (χ2n) is 3.13. The van der Waals surface area contributed by atoms with E-state index in [-0.39, 0.29) is 0 Å². The van der Waals surface area contributed by atoms with Gasteiger partial charge in [-0.2, -0.15) is 0 Å². The van der Waals surface area contributed by atoms with Crippen molar-refractivity contribution in [3.63, 3.8) is 0 Å². The van der Waals surface area contributed by atoms with Crippen LogP contribution in [-0.2, 0) is 11.3 Å². The van der Waals surface area contributed by atoms with E-state index in [1.165, 1.54) is 6.08 Å². The van der Waals surface area contributed by atoms with Crippen LogP contribution in [0.5, 0.6) is 0 Å². The van der Waals surface area contributed by atoms with E-state index >= 15 is 0 Å². The Balaban J connectivity index is 2.60. The van der Waals surface area contributed by atoms with Crippen molar-refractivity contribution in [3.05, 3.63) is 41.5 Å². The van der Waals surface area contributed by atoms with Gasteiger partial charge in [-0.3, -0.25) is 0 Å². The van der Waals surface area contributed by atoms with Gasteiger partial charge in [0.25, 0.3) is 0 Å². The van der Waals surface area contributed by atoms with E-state index in [1.54, 1.807) is 24.3 Å². The summed E-state index contributed by atoms with van der Waals surface area (Å²) in [4.78, 5) is 20.7. The predicted octanol–water partition coefficient (Wildman–Crippen LogP) is 0.953. The predicted molar refractivity (Wildman–Crippen MR) is 59.5 cm³/mol. The van der Waals surface area contributed by atoms with Gasteiger partial charge >= 0.3 is 12.0 Å². The highest BCUT2D eigenvalue weighted by Crippen LogP contribution is 2.05. The Morgan fingerprint density at radius 1 is 1.31 bits per heavy atom. The van der Waals surface area contributed by atoms with Crippen LogP contribution in [0.1, 0.15) is 11.1 Å². The highest BCUT2D eigenvalue weighted by molar-refractivity contribution is 5.85. The zero-order valence-electron chi connectivity index (χ0n) is 8.51. The first-order valence-electron chi connectivity index (χ1n) is 4.61. The quantitative estimate of drug-likeness (QED) is 0.659. The molecule has 5 nitrogen and oxygen atoms in total. The third kappa shape index (κ3) is 4.28. The van der Waals surface area contributed by atoms with E-state index in [1.807, 2.05) is 0 Å². The molecule has 0 aliphatic rings. The van der Waals surface area contributed by atoms with E-state index in [2.05, 4.69) is 5.32 Å². The van der Waals surface area contributed by atoms with Crippen molar-refractivity contribution in [1.82, 2.24) is 5.32 Å². The van der Waals surface area contributed by atoms with Gasteiger partial charge < -0.3 is 16.2 Å². The van der Waals surface area contributed by atoms with Crippen molar-refractivity contribution in [2.45, 2.75) is 6.54 Å². The van der Waals surface area contributed by atoms with Crippen LogP contribution >= 0.6 is 0 Å². The van der Waals surface area contributed by atoms with Gasteiger partial charge in [-0.15, -0.1) is 0 Å². The van der Waals surface area contributed by atoms with Crippen LogP contribution in [0, 0.1) is 0 Å². The van der Waals surface area contributed by atoms with Crippen LogP contribution in [0.3, 0.4) is 0 Å². The molecule has 0 radical (unpaired) electrons. The van der Waals surface area contributed by atoms with E-state index in [9.17, 15) is 9.59 Å². The second-order valence-corrected chi connectivity index (χ2v) is 3.13. The minimum atomic E-state index is -0.987. The molecule has 1 aromatic carbocycles. The van der Waals surface area contributed by atoms with Gasteiger partial charge in [0.05, 0.1) is 0 Å². The fourth-order valence-electron chi connectivity index (χ4n) is 1.10. The summed E-state index contributed by atoms with van der Waals surface area (Å²) in [5.41, 5.74) is 6.60. The first-order valence-corrected chi connectivity index (χ1v) is 4.61. The third-order valence-corrected chi connectivity index (χ3v) is 1.86. The van der Waals surface area contributed by atoms with Crippen molar-refractivity contribution in [1.29, 1.82) is 0 Å². The summed E-state index contributed by atoms with van der Waals surface area (Å²) in [5.74, 6) is -0.987. The largest absolute Gasteiger partial charge is 0.478 e. The number of nitrogens with two attached hydrogens (primary N) is 1. The zero-order chi connectivity index (χ0) is 12.0. The molecule has 4 N–H and O–H groups in total. The molecule has 2 amide bonds. The topological polar surface area (TPSA) is 92.4 Å². The summed E-state index contributed by atoms with van der Waals surface area (Å²) in [6.07, 6.45) is 2.56. The Morgan fingerprint density at radius 2 is 1.94 bits per heavy atom. The van der Waals surface area contributed by atoms with Crippen molar-refractivity contribution in [3.8, 4) is 0 Å². The molecule has 0 unspecified atom stereocenters. The number of hydrogen-bond donors (Lipinski definition) is 3. The highest BCUT2D eigenvalue weighted by atomic mass is 16.4. The van der Waals surface area contributed by atoms with Gasteiger partial charge in [-0.25, -0.2) is 9.59 Å². The molecule has 0 aliphatic heterocycles. The molecule has 84 valence electrons. The normalized spacial score (nSPS) is 10.2. The number of benzene rings is 1. The molecule has 0 saturated carbocycles. The first-order chi connectivity index (χ1) is 7.58. The molecular formula is C11H12N2O3. The molecule has 5 heteroatoms. The number of carbonyl (C=O) groups is 2. The van der Waals surface area contributed by atoms with Gasteiger partial charge in [0, 0.05) is 12.6 Å². The van der Waals surface area contributed by atoms with Gasteiger partial charge in [-0.05, 0) is 17.2 Å². The minimum absolute atomic E-state index is 0.359. The molecule has 0 heterocycles. The lowest BCUT2D eigenvalue weighted by Gasteiger charge is -2.02. The maximum atomic E-state index is 10.5.